The van der Waals surface area contributed by atoms with Crippen molar-refractivity contribution in [1.82, 2.24) is 14.9 Å². The van der Waals surface area contributed by atoms with Crippen LogP contribution in [-0.4, -0.2) is 57.6 Å². The Morgan fingerprint density at radius 1 is 1.23 bits per heavy atom. The second-order valence-electron chi connectivity index (χ2n) is 9.20. The van der Waals surface area contributed by atoms with E-state index in [2.05, 4.69) is 14.9 Å². The average Bonchev–Trinajstić information content (AvgIpc) is 2.89. The fourth-order valence-electron chi connectivity index (χ4n) is 4.99. The lowest BCUT2D eigenvalue weighted by Gasteiger charge is -2.39. The fraction of sp³-hybridized carbons (Fsp3) is 0.407. The third-order valence-corrected chi connectivity index (χ3v) is 7.50. The van der Waals surface area contributed by atoms with Crippen molar-refractivity contribution in [3.05, 3.63) is 65.6 Å². The fourth-order valence-corrected chi connectivity index (χ4v) is 5.29. The highest BCUT2D eigenvalue weighted by Crippen LogP contribution is 2.38. The van der Waals surface area contributed by atoms with Crippen LogP contribution < -0.4 is 10.5 Å². The minimum atomic E-state index is -0.716. The number of carbonyl (C=O) groups is 1. The Morgan fingerprint density at radius 3 is 2.69 bits per heavy atom. The van der Waals surface area contributed by atoms with Crippen molar-refractivity contribution < 1.29 is 14.6 Å². The van der Waals surface area contributed by atoms with Gasteiger partial charge in [-0.3, -0.25) is 19.7 Å². The van der Waals surface area contributed by atoms with Gasteiger partial charge in [-0.15, -0.1) is 0 Å². The highest BCUT2D eigenvalue weighted by atomic mass is 32.1. The van der Waals surface area contributed by atoms with Crippen molar-refractivity contribution in [3.8, 4) is 5.75 Å². The maximum atomic E-state index is 12.4. The first kappa shape index (κ1) is 25.2. The van der Waals surface area contributed by atoms with E-state index in [0.717, 1.165) is 51.2 Å². The lowest BCUT2D eigenvalue weighted by molar-refractivity contribution is -0.152. The molecule has 1 saturated heterocycles. The van der Waals surface area contributed by atoms with Gasteiger partial charge in [-0.05, 0) is 86.7 Å². The first-order valence-electron chi connectivity index (χ1n) is 12.0. The smallest absolute Gasteiger partial charge is 0.309 e. The molecule has 3 heterocycles. The Bertz CT molecular complexity index is 1190. The van der Waals surface area contributed by atoms with Gasteiger partial charge in [0.15, 0.2) is 0 Å². The molecule has 3 aromatic rings. The molecule has 8 heteroatoms. The molecule has 2 aromatic heterocycles. The number of benzene rings is 1. The molecular weight excluding hydrogens is 460 g/mol. The molecule has 4 rings (SSSR count). The summed E-state index contributed by atoms with van der Waals surface area (Å²) in [5.41, 5.74) is 9.13. The van der Waals surface area contributed by atoms with Crippen molar-refractivity contribution in [2.24, 2.45) is 11.1 Å². The summed E-state index contributed by atoms with van der Waals surface area (Å²) in [6, 6.07) is 11.6. The number of aliphatic carboxylic acids is 1. The van der Waals surface area contributed by atoms with E-state index in [-0.39, 0.29) is 0 Å². The summed E-state index contributed by atoms with van der Waals surface area (Å²) >= 11 is 5.57. The van der Waals surface area contributed by atoms with Gasteiger partial charge in [0.2, 0.25) is 0 Å². The van der Waals surface area contributed by atoms with Crippen LogP contribution in [-0.2, 0) is 17.8 Å². The van der Waals surface area contributed by atoms with E-state index in [9.17, 15) is 9.90 Å². The Balaban J connectivity index is 1.42. The largest absolute Gasteiger partial charge is 0.497 e. The highest BCUT2D eigenvalue weighted by molar-refractivity contribution is 7.80. The molecule has 1 fully saturated rings. The van der Waals surface area contributed by atoms with Crippen LogP contribution >= 0.6 is 12.2 Å². The van der Waals surface area contributed by atoms with E-state index in [1.807, 2.05) is 42.6 Å². The SMILES string of the molecule is COc1ccc2ncc(CN)c(CCCC3(C(=O)O)CCN(CC(=S)c4ccccn4)CC3)c2c1. The number of pyridine rings is 2. The van der Waals surface area contributed by atoms with Crippen LogP contribution in [0.25, 0.3) is 10.9 Å². The van der Waals surface area contributed by atoms with E-state index in [0.29, 0.717) is 45.4 Å². The topological polar surface area (TPSA) is 102 Å². The monoisotopic (exact) mass is 492 g/mol. The van der Waals surface area contributed by atoms with Crippen LogP contribution in [0.1, 0.15) is 42.5 Å². The molecule has 0 unspecified atom stereocenters. The molecule has 35 heavy (non-hydrogen) atoms. The van der Waals surface area contributed by atoms with Crippen LogP contribution in [0.4, 0.5) is 0 Å². The van der Waals surface area contributed by atoms with Gasteiger partial charge in [0.1, 0.15) is 5.75 Å². The number of hydrogen-bond acceptors (Lipinski definition) is 7. The van der Waals surface area contributed by atoms with Crippen molar-refractivity contribution in [3.63, 3.8) is 0 Å². The maximum Gasteiger partial charge on any atom is 0.309 e. The van der Waals surface area contributed by atoms with Crippen molar-refractivity contribution in [2.75, 3.05) is 26.7 Å². The number of ether oxygens (including phenoxy) is 1. The molecule has 0 aliphatic carbocycles. The van der Waals surface area contributed by atoms with Crippen molar-refractivity contribution >= 4 is 34.0 Å². The van der Waals surface area contributed by atoms with E-state index in [1.54, 1.807) is 13.3 Å². The van der Waals surface area contributed by atoms with Crippen molar-refractivity contribution in [2.45, 2.75) is 38.6 Å². The van der Waals surface area contributed by atoms with Crippen LogP contribution in [0.15, 0.2) is 48.8 Å². The molecule has 0 radical (unpaired) electrons. The predicted molar refractivity (Wildman–Crippen MR) is 141 cm³/mol. The van der Waals surface area contributed by atoms with E-state index < -0.39 is 11.4 Å². The second-order valence-corrected chi connectivity index (χ2v) is 9.70. The molecule has 184 valence electrons. The zero-order valence-corrected chi connectivity index (χ0v) is 20.9. The molecule has 0 bridgehead atoms. The van der Waals surface area contributed by atoms with Gasteiger partial charge in [0, 0.05) is 30.9 Å². The molecule has 3 N–H and O–H groups in total. The first-order valence-corrected chi connectivity index (χ1v) is 12.4. The number of thiocarbonyl (C=S) groups is 1. The number of nitrogens with two attached hydrogens (primary N) is 1. The van der Waals surface area contributed by atoms with Crippen LogP contribution in [0.2, 0.25) is 0 Å². The Hall–Kier alpha value is -2.94. The standard InChI is InChI=1S/C27H32N4O3S/c1-34-20-7-8-23-22(15-20)21(19(16-28)17-30-23)5-4-9-27(26(32)33)10-13-31(14-11-27)18-25(35)24-6-2-3-12-29-24/h2-3,6-8,12,15,17H,4-5,9-11,13-14,16,18,28H2,1H3,(H,32,33). The summed E-state index contributed by atoms with van der Waals surface area (Å²) in [4.78, 5) is 24.3. The average molecular weight is 493 g/mol. The lowest BCUT2D eigenvalue weighted by Crippen LogP contribution is -2.45. The second kappa shape index (κ2) is 11.2. The Morgan fingerprint density at radius 2 is 2.03 bits per heavy atom. The van der Waals surface area contributed by atoms with Gasteiger partial charge in [-0.25, -0.2) is 0 Å². The quantitative estimate of drug-likeness (QED) is 0.323. The van der Waals surface area contributed by atoms with Crippen LogP contribution in [0.5, 0.6) is 5.75 Å². The molecule has 1 aliphatic rings. The molecule has 0 saturated carbocycles. The van der Waals surface area contributed by atoms with E-state index in [1.165, 1.54) is 0 Å². The lowest BCUT2D eigenvalue weighted by atomic mass is 9.74. The molecule has 0 spiro atoms. The van der Waals surface area contributed by atoms with Gasteiger partial charge in [-0.2, -0.15) is 0 Å². The summed E-state index contributed by atoms with van der Waals surface area (Å²) < 4.78 is 5.41. The summed E-state index contributed by atoms with van der Waals surface area (Å²) in [6.07, 6.45) is 6.94. The molecule has 1 aromatic carbocycles. The number of rotatable bonds is 10. The molecule has 7 nitrogen and oxygen atoms in total. The Kier molecular flexibility index (Phi) is 8.05. The molecule has 0 atom stereocenters. The third kappa shape index (κ3) is 5.66. The number of piperidine rings is 1. The first-order chi connectivity index (χ1) is 17.0. The molecule has 1 aliphatic heterocycles. The van der Waals surface area contributed by atoms with E-state index >= 15 is 0 Å². The minimum Gasteiger partial charge on any atom is -0.497 e. The number of nitrogens with zero attached hydrogens (tertiary/aromatic N) is 3. The summed E-state index contributed by atoms with van der Waals surface area (Å²) in [5, 5.41) is 11.2. The van der Waals surface area contributed by atoms with Crippen LogP contribution in [0, 0.1) is 5.41 Å². The number of fused-ring (bicyclic) bond motifs is 1. The minimum absolute atomic E-state index is 0.394. The van der Waals surface area contributed by atoms with Gasteiger partial charge < -0.3 is 15.6 Å². The number of hydrogen-bond donors (Lipinski definition) is 2. The van der Waals surface area contributed by atoms with Gasteiger partial charge in [0.05, 0.1) is 28.6 Å². The summed E-state index contributed by atoms with van der Waals surface area (Å²) in [5.74, 6) is 0.0671. The number of methoxy groups -OCH3 is 1. The highest BCUT2D eigenvalue weighted by Gasteiger charge is 2.41. The molecular formula is C27H32N4O3S. The number of aromatic nitrogens is 2. The van der Waals surface area contributed by atoms with Crippen molar-refractivity contribution in [1.29, 1.82) is 0 Å². The number of likely N-dealkylation sites (tertiary alicyclic amines) is 1. The normalized spacial score (nSPS) is 15.7. The maximum absolute atomic E-state index is 12.4. The predicted octanol–water partition coefficient (Wildman–Crippen LogP) is 4.00. The number of carboxylic acids is 1. The zero-order chi connectivity index (χ0) is 24.8. The number of carboxylic acid groups (broad SMARTS) is 1. The molecule has 0 amide bonds. The van der Waals surface area contributed by atoms with Gasteiger partial charge >= 0.3 is 5.97 Å². The van der Waals surface area contributed by atoms with E-state index in [4.69, 9.17) is 22.7 Å². The number of aryl methyl sites for hydroxylation is 1. The zero-order valence-electron chi connectivity index (χ0n) is 20.1. The summed E-state index contributed by atoms with van der Waals surface area (Å²) in [7, 11) is 1.65. The van der Waals surface area contributed by atoms with Crippen LogP contribution in [0.3, 0.4) is 0 Å². The summed E-state index contributed by atoms with van der Waals surface area (Å²) in [6.45, 7) is 2.45. The van der Waals surface area contributed by atoms with Gasteiger partial charge in [0.25, 0.3) is 0 Å². The Labute approximate surface area is 211 Å². The third-order valence-electron chi connectivity index (χ3n) is 7.16. The van der Waals surface area contributed by atoms with Gasteiger partial charge in [-0.1, -0.05) is 18.3 Å².